The number of carbonyl (C=O) groups is 2. The van der Waals surface area contributed by atoms with Gasteiger partial charge in [-0.05, 0) is 75.1 Å². The molecule has 2 aromatic rings. The fourth-order valence-electron chi connectivity index (χ4n) is 7.04. The highest BCUT2D eigenvalue weighted by atomic mass is 16.6. The molecule has 222 valence electrons. The molecule has 0 saturated heterocycles. The molecule has 0 radical (unpaired) electrons. The Balaban J connectivity index is 1.70. The summed E-state index contributed by atoms with van der Waals surface area (Å²) in [6.07, 6.45) is 2.84. The minimum Gasteiger partial charge on any atom is -0.496 e. The Bertz CT molecular complexity index is 1310. The minimum atomic E-state index is -0.914. The molecule has 4 unspecified atom stereocenters. The van der Waals surface area contributed by atoms with Crippen molar-refractivity contribution in [1.82, 2.24) is 5.32 Å². The molecule has 4 rings (SSSR count). The maximum Gasteiger partial charge on any atom is 0.408 e. The third-order valence-corrected chi connectivity index (χ3v) is 8.72. The van der Waals surface area contributed by atoms with Crippen molar-refractivity contribution in [2.75, 3.05) is 14.2 Å². The summed E-state index contributed by atoms with van der Waals surface area (Å²) in [5.74, 6) is 1.33. The van der Waals surface area contributed by atoms with Gasteiger partial charge in [0.2, 0.25) is 0 Å². The normalized spacial score (nSPS) is 23.7. The number of nitrogens with one attached hydrogen (secondary N) is 1. The molecule has 1 amide bonds. The molecule has 0 heterocycles. The number of hydrogen-bond donors (Lipinski definition) is 1. The molecule has 7 nitrogen and oxygen atoms in total. The van der Waals surface area contributed by atoms with Crippen molar-refractivity contribution >= 4 is 12.1 Å². The summed E-state index contributed by atoms with van der Waals surface area (Å²) in [4.78, 5) is 26.7. The summed E-state index contributed by atoms with van der Waals surface area (Å²) in [6, 6.07) is 12.6. The molecular formula is C34H45NO6. The molecule has 2 aliphatic carbocycles. The van der Waals surface area contributed by atoms with E-state index in [1.54, 1.807) is 35.0 Å². The fraction of sp³-hybridized carbons (Fsp3) is 0.529. The third-order valence-electron chi connectivity index (χ3n) is 8.72. The van der Waals surface area contributed by atoms with Crippen LogP contribution in [-0.4, -0.2) is 44.0 Å². The molecule has 0 bridgehead atoms. The number of amides is 1. The van der Waals surface area contributed by atoms with E-state index >= 15 is 0 Å². The smallest absolute Gasteiger partial charge is 0.408 e. The Morgan fingerprint density at radius 3 is 2.24 bits per heavy atom. The lowest BCUT2D eigenvalue weighted by Gasteiger charge is -2.56. The lowest BCUT2D eigenvalue weighted by atomic mass is 9.49. The predicted octanol–water partition coefficient (Wildman–Crippen LogP) is 6.56. The first kappa shape index (κ1) is 30.5. The Labute approximate surface area is 244 Å². The van der Waals surface area contributed by atoms with Crippen LogP contribution in [0.3, 0.4) is 0 Å². The number of esters is 1. The van der Waals surface area contributed by atoms with Gasteiger partial charge in [-0.1, -0.05) is 57.2 Å². The summed E-state index contributed by atoms with van der Waals surface area (Å²) >= 11 is 0. The van der Waals surface area contributed by atoms with Gasteiger partial charge in [-0.15, -0.1) is 0 Å². The molecule has 0 aromatic heterocycles. The SMILES string of the molecule is COc1ccc(OC)c2c1CC1(C)C(OC(=O)C(Cc3ccccc3)NC(=O)OC(C)(C)C)C(C)=CCC1C2(C)C. The summed E-state index contributed by atoms with van der Waals surface area (Å²) in [6.45, 7) is 14.1. The molecule has 2 aliphatic rings. The first-order valence-electron chi connectivity index (χ1n) is 14.4. The van der Waals surface area contributed by atoms with E-state index in [4.69, 9.17) is 18.9 Å². The highest BCUT2D eigenvalue weighted by Crippen LogP contribution is 2.60. The van der Waals surface area contributed by atoms with Crippen LogP contribution in [0.5, 0.6) is 11.5 Å². The van der Waals surface area contributed by atoms with Gasteiger partial charge in [-0.2, -0.15) is 0 Å². The second-order valence-electron chi connectivity index (χ2n) is 13.2. The third kappa shape index (κ3) is 6.09. The van der Waals surface area contributed by atoms with Crippen molar-refractivity contribution < 1.29 is 28.5 Å². The van der Waals surface area contributed by atoms with Crippen LogP contribution < -0.4 is 14.8 Å². The highest BCUT2D eigenvalue weighted by Gasteiger charge is 2.57. The van der Waals surface area contributed by atoms with Crippen LogP contribution in [0, 0.1) is 11.3 Å². The maximum atomic E-state index is 13.9. The fourth-order valence-corrected chi connectivity index (χ4v) is 7.04. The van der Waals surface area contributed by atoms with E-state index in [0.29, 0.717) is 6.42 Å². The summed E-state index contributed by atoms with van der Waals surface area (Å²) in [5, 5.41) is 2.78. The summed E-state index contributed by atoms with van der Waals surface area (Å²) < 4.78 is 23.6. The maximum absolute atomic E-state index is 13.9. The largest absolute Gasteiger partial charge is 0.496 e. The van der Waals surface area contributed by atoms with Gasteiger partial charge in [0, 0.05) is 23.0 Å². The Hall–Kier alpha value is -3.48. The first-order valence-corrected chi connectivity index (χ1v) is 14.4. The summed E-state index contributed by atoms with van der Waals surface area (Å²) in [5.41, 5.74) is 2.74. The molecule has 0 saturated carbocycles. The number of benzene rings is 2. The van der Waals surface area contributed by atoms with Gasteiger partial charge in [-0.25, -0.2) is 9.59 Å². The van der Waals surface area contributed by atoms with Gasteiger partial charge in [0.1, 0.15) is 29.2 Å². The van der Waals surface area contributed by atoms with Crippen molar-refractivity contribution in [2.24, 2.45) is 11.3 Å². The molecule has 0 aliphatic heterocycles. The lowest BCUT2D eigenvalue weighted by Crippen LogP contribution is -2.56. The van der Waals surface area contributed by atoms with Crippen LogP contribution in [0.25, 0.3) is 0 Å². The van der Waals surface area contributed by atoms with E-state index in [0.717, 1.165) is 40.2 Å². The number of carbonyl (C=O) groups excluding carboxylic acids is 2. The van der Waals surface area contributed by atoms with E-state index < -0.39 is 35.2 Å². The van der Waals surface area contributed by atoms with Crippen molar-refractivity contribution in [3.05, 3.63) is 70.8 Å². The zero-order valence-electron chi connectivity index (χ0n) is 25.9. The van der Waals surface area contributed by atoms with Gasteiger partial charge in [0.15, 0.2) is 0 Å². The Morgan fingerprint density at radius 2 is 1.63 bits per heavy atom. The van der Waals surface area contributed by atoms with Gasteiger partial charge in [-0.3, -0.25) is 0 Å². The summed E-state index contributed by atoms with van der Waals surface area (Å²) in [7, 11) is 3.38. The standard InChI is InChI=1S/C34H45NO6/c1-21-15-18-27-33(5,6)28-23(25(38-8)16-17-26(28)39-9)20-34(27,7)29(21)40-30(36)24(19-22-13-11-10-12-14-22)35-31(37)41-32(2,3)4/h10-17,24,27,29H,18-20H2,1-9H3,(H,35,37). The number of ether oxygens (including phenoxy) is 4. The number of fused-ring (bicyclic) bond motifs is 2. The van der Waals surface area contributed by atoms with E-state index in [2.05, 4.69) is 32.2 Å². The second-order valence-corrected chi connectivity index (χ2v) is 13.2. The number of methoxy groups -OCH3 is 2. The van der Waals surface area contributed by atoms with Crippen molar-refractivity contribution in [2.45, 2.75) is 90.9 Å². The molecule has 2 aromatic carbocycles. The van der Waals surface area contributed by atoms with Crippen LogP contribution in [0.4, 0.5) is 4.79 Å². The zero-order valence-corrected chi connectivity index (χ0v) is 25.9. The Morgan fingerprint density at radius 1 is 1.00 bits per heavy atom. The molecular weight excluding hydrogens is 518 g/mol. The minimum absolute atomic E-state index is 0.163. The monoisotopic (exact) mass is 563 g/mol. The molecule has 41 heavy (non-hydrogen) atoms. The van der Waals surface area contributed by atoms with E-state index in [1.165, 1.54) is 0 Å². The average Bonchev–Trinajstić information content (AvgIpc) is 2.89. The molecule has 7 heteroatoms. The number of allylic oxidation sites excluding steroid dienone is 1. The van der Waals surface area contributed by atoms with Crippen LogP contribution in [0.2, 0.25) is 0 Å². The highest BCUT2D eigenvalue weighted by molar-refractivity contribution is 5.82. The van der Waals surface area contributed by atoms with Gasteiger partial charge < -0.3 is 24.3 Å². The first-order chi connectivity index (χ1) is 19.2. The number of alkyl carbamates (subject to hydrolysis) is 1. The zero-order chi connectivity index (χ0) is 30.2. The van der Waals surface area contributed by atoms with E-state index in [9.17, 15) is 9.59 Å². The van der Waals surface area contributed by atoms with Crippen LogP contribution in [0.1, 0.15) is 71.6 Å². The van der Waals surface area contributed by atoms with Crippen molar-refractivity contribution in [3.8, 4) is 11.5 Å². The van der Waals surface area contributed by atoms with Crippen LogP contribution in [-0.2, 0) is 32.5 Å². The number of rotatable bonds is 7. The van der Waals surface area contributed by atoms with Crippen molar-refractivity contribution in [3.63, 3.8) is 0 Å². The van der Waals surface area contributed by atoms with Gasteiger partial charge in [0.05, 0.1) is 14.2 Å². The van der Waals surface area contributed by atoms with Gasteiger partial charge >= 0.3 is 12.1 Å². The molecule has 0 spiro atoms. The molecule has 4 atom stereocenters. The van der Waals surface area contributed by atoms with E-state index in [1.807, 2.05) is 49.4 Å². The van der Waals surface area contributed by atoms with Crippen LogP contribution in [0.15, 0.2) is 54.1 Å². The molecule has 0 fully saturated rings. The predicted molar refractivity (Wildman–Crippen MR) is 159 cm³/mol. The molecule has 1 N–H and O–H groups in total. The second kappa shape index (κ2) is 11.4. The van der Waals surface area contributed by atoms with Gasteiger partial charge in [0.25, 0.3) is 0 Å². The van der Waals surface area contributed by atoms with E-state index in [-0.39, 0.29) is 17.8 Å². The quantitative estimate of drug-likeness (QED) is 0.304. The topological polar surface area (TPSA) is 83.1 Å². The Kier molecular flexibility index (Phi) is 8.49. The van der Waals surface area contributed by atoms with Crippen LogP contribution >= 0.6 is 0 Å². The lowest BCUT2D eigenvalue weighted by molar-refractivity contribution is -0.161. The average molecular weight is 564 g/mol. The van der Waals surface area contributed by atoms with Crippen molar-refractivity contribution in [1.29, 1.82) is 0 Å². The number of hydrogen-bond acceptors (Lipinski definition) is 6.